The number of nitrogens with one attached hydrogen (secondary N) is 1. The van der Waals surface area contributed by atoms with Crippen LogP contribution in [0.3, 0.4) is 0 Å². The molecule has 1 aliphatic rings. The van der Waals surface area contributed by atoms with Gasteiger partial charge in [-0.15, -0.1) is 24.8 Å². The Labute approximate surface area is 72.9 Å². The minimum atomic E-state index is 0. The van der Waals surface area contributed by atoms with Gasteiger partial charge in [0.1, 0.15) is 5.94 Å². The first-order valence-electron chi connectivity index (χ1n) is 2.91. The Bertz CT molecular complexity index is 124. The van der Waals surface area contributed by atoms with E-state index in [4.69, 9.17) is 0 Å². The number of carbonyl (C=O) groups excluding carboxylic acids is 1. The minimum absolute atomic E-state index is 0. The standard InChI is InChI=1S/C6H9NO.2ClH/c8-5-6-3-1-2-4-7-6;;/h7H,1-4H2;2*1H. The van der Waals surface area contributed by atoms with Crippen LogP contribution in [0.2, 0.25) is 0 Å². The van der Waals surface area contributed by atoms with E-state index in [-0.39, 0.29) is 24.8 Å². The zero-order valence-corrected chi connectivity index (χ0v) is 7.19. The lowest BCUT2D eigenvalue weighted by Crippen LogP contribution is -2.19. The third-order valence-corrected chi connectivity index (χ3v) is 1.32. The molecule has 0 saturated carbocycles. The summed E-state index contributed by atoms with van der Waals surface area (Å²) in [4.78, 5) is 9.94. The van der Waals surface area contributed by atoms with Gasteiger partial charge in [-0.05, 0) is 19.3 Å². The Morgan fingerprint density at radius 3 is 2.30 bits per heavy atom. The highest BCUT2D eigenvalue weighted by Gasteiger charge is 2.02. The van der Waals surface area contributed by atoms with Gasteiger partial charge in [-0.25, -0.2) is 4.79 Å². The maximum absolute atomic E-state index is 9.94. The quantitative estimate of drug-likeness (QED) is 0.575. The van der Waals surface area contributed by atoms with E-state index in [9.17, 15) is 4.79 Å². The molecule has 1 saturated heterocycles. The van der Waals surface area contributed by atoms with Gasteiger partial charge in [0.05, 0.1) is 5.70 Å². The summed E-state index contributed by atoms with van der Waals surface area (Å²) in [5, 5.41) is 2.96. The Balaban J connectivity index is 0. The molecule has 1 rings (SSSR count). The van der Waals surface area contributed by atoms with E-state index >= 15 is 0 Å². The van der Waals surface area contributed by atoms with Crippen molar-refractivity contribution in [1.29, 1.82) is 0 Å². The van der Waals surface area contributed by atoms with Crippen molar-refractivity contribution >= 4 is 30.8 Å². The molecule has 0 aromatic carbocycles. The van der Waals surface area contributed by atoms with Gasteiger partial charge in [0.25, 0.3) is 0 Å². The first-order chi connectivity index (χ1) is 3.93. The normalized spacial score (nSPS) is 15.4. The van der Waals surface area contributed by atoms with Gasteiger partial charge in [-0.2, -0.15) is 0 Å². The van der Waals surface area contributed by atoms with Crippen molar-refractivity contribution in [3.63, 3.8) is 0 Å². The number of rotatable bonds is 0. The molecule has 0 unspecified atom stereocenters. The Hall–Kier alpha value is -0.170. The van der Waals surface area contributed by atoms with E-state index in [1.165, 1.54) is 6.42 Å². The molecule has 0 aromatic heterocycles. The molecule has 1 fully saturated rings. The van der Waals surface area contributed by atoms with Crippen molar-refractivity contribution < 1.29 is 4.79 Å². The maximum atomic E-state index is 9.94. The summed E-state index contributed by atoms with van der Waals surface area (Å²) in [5.41, 5.74) is 0.747. The van der Waals surface area contributed by atoms with E-state index in [2.05, 4.69) is 5.32 Å². The molecule has 0 aliphatic carbocycles. The lowest BCUT2D eigenvalue weighted by Gasteiger charge is -2.11. The van der Waals surface area contributed by atoms with Gasteiger partial charge in [-0.3, -0.25) is 0 Å². The molecular weight excluding hydrogens is 173 g/mol. The number of piperidine rings is 1. The van der Waals surface area contributed by atoms with Crippen LogP contribution >= 0.6 is 24.8 Å². The second-order valence-electron chi connectivity index (χ2n) is 1.96. The summed E-state index contributed by atoms with van der Waals surface area (Å²) in [6.45, 7) is 0.949. The molecule has 10 heavy (non-hydrogen) atoms. The van der Waals surface area contributed by atoms with Crippen molar-refractivity contribution in [2.24, 2.45) is 0 Å². The molecule has 0 radical (unpaired) electrons. The minimum Gasteiger partial charge on any atom is -0.379 e. The van der Waals surface area contributed by atoms with E-state index in [0.29, 0.717) is 0 Å². The van der Waals surface area contributed by atoms with Crippen molar-refractivity contribution in [3.8, 4) is 0 Å². The largest absolute Gasteiger partial charge is 0.379 e. The first kappa shape index (κ1) is 12.5. The zero-order valence-electron chi connectivity index (χ0n) is 5.55. The van der Waals surface area contributed by atoms with Crippen LogP contribution in [0.5, 0.6) is 0 Å². The Morgan fingerprint density at radius 2 is 2.00 bits per heavy atom. The van der Waals surface area contributed by atoms with Crippen LogP contribution in [-0.2, 0) is 4.79 Å². The van der Waals surface area contributed by atoms with Gasteiger partial charge in [0, 0.05) is 6.54 Å². The second kappa shape index (κ2) is 6.94. The molecule has 1 aliphatic heterocycles. The maximum Gasteiger partial charge on any atom is 0.145 e. The highest BCUT2D eigenvalue weighted by atomic mass is 35.5. The summed E-state index contributed by atoms with van der Waals surface area (Å²) >= 11 is 0. The summed E-state index contributed by atoms with van der Waals surface area (Å²) < 4.78 is 0. The van der Waals surface area contributed by atoms with Gasteiger partial charge < -0.3 is 5.32 Å². The molecule has 4 heteroatoms. The van der Waals surface area contributed by atoms with Gasteiger partial charge >= 0.3 is 0 Å². The molecular formula is C6H11Cl2NO. The van der Waals surface area contributed by atoms with Gasteiger partial charge in [0.2, 0.25) is 0 Å². The fourth-order valence-corrected chi connectivity index (χ4v) is 0.842. The molecule has 2 nitrogen and oxygen atoms in total. The van der Waals surface area contributed by atoms with Crippen molar-refractivity contribution in [2.75, 3.05) is 6.54 Å². The Kier molecular flexibility index (Phi) is 8.68. The van der Waals surface area contributed by atoms with Gasteiger partial charge in [0.15, 0.2) is 0 Å². The Morgan fingerprint density at radius 1 is 1.30 bits per heavy atom. The predicted molar refractivity (Wildman–Crippen MR) is 45.6 cm³/mol. The van der Waals surface area contributed by atoms with Crippen LogP contribution < -0.4 is 5.32 Å². The van der Waals surface area contributed by atoms with E-state index in [1.54, 1.807) is 0 Å². The van der Waals surface area contributed by atoms with E-state index < -0.39 is 0 Å². The molecule has 60 valence electrons. The van der Waals surface area contributed by atoms with Crippen molar-refractivity contribution in [2.45, 2.75) is 19.3 Å². The topological polar surface area (TPSA) is 29.1 Å². The fraction of sp³-hybridized carbons (Fsp3) is 0.667. The van der Waals surface area contributed by atoms with Gasteiger partial charge in [-0.1, -0.05) is 0 Å². The highest BCUT2D eigenvalue weighted by Crippen LogP contribution is 2.05. The van der Waals surface area contributed by atoms with E-state index in [1.807, 2.05) is 5.94 Å². The third-order valence-electron chi connectivity index (χ3n) is 1.32. The monoisotopic (exact) mass is 183 g/mol. The fourth-order valence-electron chi connectivity index (χ4n) is 0.842. The number of hydrogen-bond donors (Lipinski definition) is 1. The lowest BCUT2D eigenvalue weighted by molar-refractivity contribution is 0.547. The molecule has 0 spiro atoms. The average molecular weight is 184 g/mol. The average Bonchev–Trinajstić information content (AvgIpc) is 1.90. The van der Waals surface area contributed by atoms with E-state index in [0.717, 1.165) is 25.1 Å². The second-order valence-corrected chi connectivity index (χ2v) is 1.96. The SMILES string of the molecule is Cl.Cl.O=C=C1CCCCN1. The van der Waals surface area contributed by atoms with Crippen LogP contribution in [0.25, 0.3) is 0 Å². The molecule has 0 bridgehead atoms. The summed E-state index contributed by atoms with van der Waals surface area (Å²) in [6.07, 6.45) is 3.21. The number of allylic oxidation sites excluding steroid dienone is 1. The summed E-state index contributed by atoms with van der Waals surface area (Å²) in [5.74, 6) is 1.86. The molecule has 0 amide bonds. The van der Waals surface area contributed by atoms with Crippen LogP contribution in [0.4, 0.5) is 0 Å². The first-order valence-corrected chi connectivity index (χ1v) is 2.91. The zero-order chi connectivity index (χ0) is 5.82. The predicted octanol–water partition coefficient (Wildman–Crippen LogP) is 1.32. The van der Waals surface area contributed by atoms with Crippen LogP contribution in [0, 0.1) is 0 Å². The molecule has 0 atom stereocenters. The lowest BCUT2D eigenvalue weighted by atomic mass is 10.1. The van der Waals surface area contributed by atoms with Crippen molar-refractivity contribution in [1.82, 2.24) is 5.32 Å². The summed E-state index contributed by atoms with van der Waals surface area (Å²) in [7, 11) is 0. The van der Waals surface area contributed by atoms with Crippen LogP contribution in [0.15, 0.2) is 5.70 Å². The molecule has 1 heterocycles. The van der Waals surface area contributed by atoms with Crippen LogP contribution in [0.1, 0.15) is 19.3 Å². The highest BCUT2D eigenvalue weighted by molar-refractivity contribution is 5.85. The molecule has 1 N–H and O–H groups in total. The summed E-state index contributed by atoms with van der Waals surface area (Å²) in [6, 6.07) is 0. The van der Waals surface area contributed by atoms with Crippen molar-refractivity contribution in [3.05, 3.63) is 5.70 Å². The number of halogens is 2. The smallest absolute Gasteiger partial charge is 0.145 e. The number of hydrogen-bond acceptors (Lipinski definition) is 2. The third kappa shape index (κ3) is 3.78. The molecule has 0 aromatic rings. The van der Waals surface area contributed by atoms with Crippen LogP contribution in [-0.4, -0.2) is 12.5 Å².